The second-order valence-electron chi connectivity index (χ2n) is 10.4. The lowest BCUT2D eigenvalue weighted by Crippen LogP contribution is -2.56. The van der Waals surface area contributed by atoms with E-state index in [-0.39, 0.29) is 18.4 Å². The molecule has 2 aromatic carbocycles. The van der Waals surface area contributed by atoms with Crippen molar-refractivity contribution in [2.24, 2.45) is 11.8 Å². The van der Waals surface area contributed by atoms with Crippen molar-refractivity contribution in [1.29, 1.82) is 0 Å². The van der Waals surface area contributed by atoms with Gasteiger partial charge in [0.2, 0.25) is 17.7 Å². The third-order valence-corrected chi connectivity index (χ3v) is 8.58. The van der Waals surface area contributed by atoms with Crippen LogP contribution < -0.4 is 15.4 Å². The maximum absolute atomic E-state index is 14.0. The Morgan fingerprint density at radius 1 is 1.18 bits per heavy atom. The summed E-state index contributed by atoms with van der Waals surface area (Å²) < 4.78 is 11.9. The number of hydrogen-bond acceptors (Lipinski definition) is 6. The lowest BCUT2D eigenvalue weighted by molar-refractivity contribution is -0.143. The maximum Gasteiger partial charge on any atom is 0.250 e. The van der Waals surface area contributed by atoms with Crippen molar-refractivity contribution in [3.63, 3.8) is 0 Å². The highest BCUT2D eigenvalue weighted by Crippen LogP contribution is 2.59. The Morgan fingerprint density at radius 3 is 2.56 bits per heavy atom. The van der Waals surface area contributed by atoms with Crippen molar-refractivity contribution in [2.75, 3.05) is 23.8 Å². The number of para-hydroxylation sites is 1. The molecule has 39 heavy (non-hydrogen) atoms. The Kier molecular flexibility index (Phi) is 7.59. The normalized spacial score (nSPS) is 27.8. The molecule has 10 heteroatoms. The SMILES string of the molecule is CCOc1ccc(NC(=O)[C@@H]2[C@H]3C(=O)N([C@@H](CC)CO)C(C(=O)Nc4c(C)cccc4Cl)C34CC[C@H]2O4)cc1. The average molecular weight is 556 g/mol. The summed E-state index contributed by atoms with van der Waals surface area (Å²) in [6.07, 6.45) is 0.949. The van der Waals surface area contributed by atoms with Crippen molar-refractivity contribution >= 4 is 40.7 Å². The lowest BCUT2D eigenvalue weighted by atomic mass is 9.70. The van der Waals surface area contributed by atoms with Crippen LogP contribution in [0.1, 0.15) is 38.7 Å². The van der Waals surface area contributed by atoms with Crippen LogP contribution in [-0.2, 0) is 19.1 Å². The van der Waals surface area contributed by atoms with Gasteiger partial charge in [0, 0.05) is 5.69 Å². The fraction of sp³-hybridized carbons (Fsp3) is 0.483. The molecule has 0 radical (unpaired) electrons. The molecule has 2 aromatic rings. The zero-order chi connectivity index (χ0) is 27.9. The minimum absolute atomic E-state index is 0.313. The minimum atomic E-state index is -1.18. The van der Waals surface area contributed by atoms with E-state index in [4.69, 9.17) is 21.1 Å². The lowest BCUT2D eigenvalue weighted by Gasteiger charge is -2.36. The van der Waals surface area contributed by atoms with Gasteiger partial charge in [0.1, 0.15) is 17.4 Å². The van der Waals surface area contributed by atoms with Gasteiger partial charge in [-0.25, -0.2) is 0 Å². The first kappa shape index (κ1) is 27.4. The molecular formula is C29H34ClN3O6. The van der Waals surface area contributed by atoms with Crippen LogP contribution in [0.2, 0.25) is 5.02 Å². The van der Waals surface area contributed by atoms with Gasteiger partial charge in [0.15, 0.2) is 0 Å². The van der Waals surface area contributed by atoms with Crippen molar-refractivity contribution in [1.82, 2.24) is 4.90 Å². The number of rotatable bonds is 9. The molecule has 3 N–H and O–H groups in total. The van der Waals surface area contributed by atoms with Gasteiger partial charge in [-0.3, -0.25) is 14.4 Å². The molecule has 208 valence electrons. The zero-order valence-electron chi connectivity index (χ0n) is 22.3. The molecule has 2 bridgehead atoms. The summed E-state index contributed by atoms with van der Waals surface area (Å²) in [5, 5.41) is 16.4. The van der Waals surface area contributed by atoms with E-state index in [2.05, 4.69) is 10.6 Å². The Labute approximate surface area is 232 Å². The van der Waals surface area contributed by atoms with E-state index in [0.29, 0.717) is 48.0 Å². The first-order valence-corrected chi connectivity index (χ1v) is 13.8. The number of benzene rings is 2. The van der Waals surface area contributed by atoms with Crippen molar-refractivity contribution in [3.8, 4) is 5.75 Å². The number of aliphatic hydroxyl groups is 1. The van der Waals surface area contributed by atoms with Gasteiger partial charge in [-0.05, 0) is 69.0 Å². The van der Waals surface area contributed by atoms with E-state index >= 15 is 0 Å². The molecule has 3 amide bonds. The number of aryl methyl sites for hydroxylation is 1. The Morgan fingerprint density at radius 2 is 1.92 bits per heavy atom. The van der Waals surface area contributed by atoms with Crippen LogP contribution in [0.5, 0.6) is 5.75 Å². The third kappa shape index (κ3) is 4.56. The Bertz CT molecular complexity index is 1250. The summed E-state index contributed by atoms with van der Waals surface area (Å²) in [6.45, 7) is 5.80. The number of aliphatic hydroxyl groups excluding tert-OH is 1. The van der Waals surface area contributed by atoms with Gasteiger partial charge < -0.3 is 30.1 Å². The van der Waals surface area contributed by atoms with E-state index in [1.165, 1.54) is 4.90 Å². The van der Waals surface area contributed by atoms with Gasteiger partial charge in [-0.1, -0.05) is 30.7 Å². The van der Waals surface area contributed by atoms with Gasteiger partial charge in [0.25, 0.3) is 0 Å². The predicted molar refractivity (Wildman–Crippen MR) is 147 cm³/mol. The van der Waals surface area contributed by atoms with Crippen LogP contribution in [0.3, 0.4) is 0 Å². The highest BCUT2D eigenvalue weighted by Gasteiger charge is 2.75. The maximum atomic E-state index is 14.0. The minimum Gasteiger partial charge on any atom is -0.494 e. The quantitative estimate of drug-likeness (QED) is 0.434. The fourth-order valence-electron chi connectivity index (χ4n) is 6.51. The van der Waals surface area contributed by atoms with Gasteiger partial charge in [-0.2, -0.15) is 0 Å². The van der Waals surface area contributed by atoms with Crippen molar-refractivity contribution in [2.45, 2.75) is 63.8 Å². The summed E-state index contributed by atoms with van der Waals surface area (Å²) in [7, 11) is 0. The first-order chi connectivity index (χ1) is 18.7. The molecule has 9 nitrogen and oxygen atoms in total. The molecule has 0 aliphatic carbocycles. The zero-order valence-corrected chi connectivity index (χ0v) is 23.0. The Hall–Kier alpha value is -3.14. The molecule has 3 saturated heterocycles. The topological polar surface area (TPSA) is 117 Å². The number of amides is 3. The van der Waals surface area contributed by atoms with Crippen LogP contribution in [-0.4, -0.2) is 64.7 Å². The largest absolute Gasteiger partial charge is 0.494 e. The van der Waals surface area contributed by atoms with Gasteiger partial charge >= 0.3 is 0 Å². The van der Waals surface area contributed by atoms with E-state index in [9.17, 15) is 19.5 Å². The summed E-state index contributed by atoms with van der Waals surface area (Å²) >= 11 is 6.39. The molecular weight excluding hydrogens is 522 g/mol. The number of nitrogens with one attached hydrogen (secondary N) is 2. The Balaban J connectivity index is 1.47. The number of carbonyl (C=O) groups is 3. The number of fused-ring (bicyclic) bond motifs is 1. The van der Waals surface area contributed by atoms with E-state index in [1.54, 1.807) is 36.4 Å². The molecule has 0 aromatic heterocycles. The number of carbonyl (C=O) groups excluding carboxylic acids is 3. The highest BCUT2D eigenvalue weighted by atomic mass is 35.5. The van der Waals surface area contributed by atoms with E-state index in [0.717, 1.165) is 5.56 Å². The molecule has 5 rings (SSSR count). The molecule has 1 spiro atoms. The van der Waals surface area contributed by atoms with Crippen molar-refractivity contribution in [3.05, 3.63) is 53.1 Å². The van der Waals surface area contributed by atoms with Gasteiger partial charge in [-0.15, -0.1) is 0 Å². The number of hydrogen-bond donors (Lipinski definition) is 3. The summed E-state index contributed by atoms with van der Waals surface area (Å²) in [6, 6.07) is 10.7. The second-order valence-corrected chi connectivity index (χ2v) is 10.8. The predicted octanol–water partition coefficient (Wildman–Crippen LogP) is 3.77. The first-order valence-electron chi connectivity index (χ1n) is 13.5. The van der Waals surface area contributed by atoms with Crippen molar-refractivity contribution < 1.29 is 29.0 Å². The van der Waals surface area contributed by atoms with Crippen LogP contribution in [0.4, 0.5) is 11.4 Å². The van der Waals surface area contributed by atoms with Crippen LogP contribution in [0.25, 0.3) is 0 Å². The second kappa shape index (κ2) is 10.8. The summed E-state index contributed by atoms with van der Waals surface area (Å²) in [4.78, 5) is 43.1. The number of anilines is 2. The molecule has 3 aliphatic rings. The average Bonchev–Trinajstić information content (AvgIpc) is 3.56. The molecule has 0 saturated carbocycles. The molecule has 6 atom stereocenters. The number of likely N-dealkylation sites (tertiary alicyclic amines) is 1. The monoisotopic (exact) mass is 555 g/mol. The molecule has 3 fully saturated rings. The number of ether oxygens (including phenoxy) is 2. The molecule has 2 unspecified atom stereocenters. The summed E-state index contributed by atoms with van der Waals surface area (Å²) in [5.41, 5.74) is 0.641. The smallest absolute Gasteiger partial charge is 0.250 e. The highest BCUT2D eigenvalue weighted by molar-refractivity contribution is 6.34. The van der Waals surface area contributed by atoms with E-state index < -0.39 is 41.5 Å². The fourth-order valence-corrected chi connectivity index (χ4v) is 6.78. The van der Waals surface area contributed by atoms with Crippen LogP contribution >= 0.6 is 11.6 Å². The molecule has 3 heterocycles. The third-order valence-electron chi connectivity index (χ3n) is 8.27. The number of halogens is 1. The summed E-state index contributed by atoms with van der Waals surface area (Å²) in [5.74, 6) is -2.04. The van der Waals surface area contributed by atoms with Crippen LogP contribution in [0.15, 0.2) is 42.5 Å². The van der Waals surface area contributed by atoms with E-state index in [1.807, 2.05) is 26.8 Å². The number of nitrogens with zero attached hydrogens (tertiary/aromatic N) is 1. The standard InChI is InChI=1S/C29H34ClN3O6/c1-4-18(15-34)33-25(27(36)32-24-16(3)7-6-8-20(24)30)29-14-13-21(39-29)22(23(29)28(33)37)26(35)31-17-9-11-19(12-10-17)38-5-2/h6-12,18,21-23,25,34H,4-5,13-15H2,1-3H3,(H,31,35)(H,32,36)/t18-,21+,22-,23-,25?,29?/m0/s1. The van der Waals surface area contributed by atoms with Gasteiger partial charge in [0.05, 0.1) is 47.9 Å². The molecule has 3 aliphatic heterocycles. The van der Waals surface area contributed by atoms with Crippen LogP contribution in [0, 0.1) is 18.8 Å².